The van der Waals surface area contributed by atoms with Crippen molar-refractivity contribution in [3.8, 4) is 0 Å². The minimum absolute atomic E-state index is 0.0120. The van der Waals surface area contributed by atoms with E-state index in [-0.39, 0.29) is 96.7 Å². The first kappa shape index (κ1) is 76.4. The van der Waals surface area contributed by atoms with E-state index in [2.05, 4.69) is 6.92 Å². The third-order valence-electron chi connectivity index (χ3n) is 16.3. The SMILES string of the molecule is CCCCC1CC(C)COC(COC(=O)c2ccc(N(C)C)cc2)COCC(CC)(COCC(COC(=O)c2ccc(N(C)C)cc2)OC(=O)C(CC)CCCC)COCC(COC(=O)c2ccc(N(C)C)cc2)OCC(OC(=O)c2ccc(N(C)C)cc2)COC1=O. The van der Waals surface area contributed by atoms with Gasteiger partial charge in [0, 0.05) is 91.2 Å². The summed E-state index contributed by atoms with van der Waals surface area (Å²) in [5.74, 6) is -4.45. The standard InChI is InChI=1S/C72H104N4O17/c1-14-18-20-52(16-3)70(81)92-64(46-90-68(79)55-26-34-60(35-27-55)75(10)11)42-85-50-72(17-4)48-83-40-62(43-88-66(77)53-22-30-58(31-23-53)73(6)7)86-39-51(5)38-57(21-19-15-2)69(80)91-47-65(93-71(82)56-28-36-61(37-29-56)76(12)13)45-87-63(41-84-49-72)44-89-67(78)54-24-32-59(33-25-54)74(8)9/h22-37,51-52,57,62-65H,14-21,38-50H2,1-13H3. The van der Waals surface area contributed by atoms with Crippen LogP contribution in [0.25, 0.3) is 0 Å². The second-order valence-electron chi connectivity index (χ2n) is 25.0. The van der Waals surface area contributed by atoms with Crippen LogP contribution in [0.1, 0.15) is 134 Å². The quantitative estimate of drug-likeness (QED) is 0.0365. The van der Waals surface area contributed by atoms with E-state index in [1.54, 1.807) is 72.8 Å². The molecule has 21 heteroatoms. The van der Waals surface area contributed by atoms with E-state index in [0.29, 0.717) is 48.8 Å². The maximum absolute atomic E-state index is 14.2. The van der Waals surface area contributed by atoms with Gasteiger partial charge in [0.2, 0.25) is 0 Å². The fraction of sp³-hybridized carbons (Fsp3) is 0.583. The predicted molar refractivity (Wildman–Crippen MR) is 359 cm³/mol. The molecule has 0 aromatic heterocycles. The molecule has 0 bridgehead atoms. The fourth-order valence-corrected chi connectivity index (χ4v) is 10.1. The van der Waals surface area contributed by atoms with Crippen LogP contribution in [0.15, 0.2) is 97.1 Å². The highest BCUT2D eigenvalue weighted by atomic mass is 16.6. The van der Waals surface area contributed by atoms with Crippen LogP contribution >= 0.6 is 0 Å². The summed E-state index contributed by atoms with van der Waals surface area (Å²) >= 11 is 0. The average Bonchev–Trinajstić information content (AvgIpc) is 1.63. The number of benzene rings is 4. The molecular formula is C72H104N4O17. The summed E-state index contributed by atoms with van der Waals surface area (Å²) in [6.07, 6.45) is 1.94. The van der Waals surface area contributed by atoms with Crippen molar-refractivity contribution in [3.63, 3.8) is 0 Å². The lowest BCUT2D eigenvalue weighted by Crippen LogP contribution is -2.41. The van der Waals surface area contributed by atoms with Crippen molar-refractivity contribution in [2.24, 2.45) is 23.2 Å². The summed E-state index contributed by atoms with van der Waals surface area (Å²) < 4.78 is 68.7. The van der Waals surface area contributed by atoms with Gasteiger partial charge in [0.05, 0.1) is 80.3 Å². The van der Waals surface area contributed by atoms with Gasteiger partial charge in [-0.05, 0) is 135 Å². The Hall–Kier alpha value is -7.30. The normalized spacial score (nSPS) is 20.1. The van der Waals surface area contributed by atoms with E-state index in [1.807, 2.05) is 128 Å². The lowest BCUT2D eigenvalue weighted by molar-refractivity contribution is -0.163. The van der Waals surface area contributed by atoms with Crippen LogP contribution < -0.4 is 19.6 Å². The molecule has 4 aromatic carbocycles. The fourth-order valence-electron chi connectivity index (χ4n) is 10.1. The zero-order chi connectivity index (χ0) is 67.9. The maximum atomic E-state index is 14.2. The molecule has 0 spiro atoms. The number of hydrogen-bond donors (Lipinski definition) is 0. The monoisotopic (exact) mass is 1300 g/mol. The Bertz CT molecular complexity index is 2870. The molecule has 4 aromatic rings. The van der Waals surface area contributed by atoms with E-state index in [1.165, 1.54) is 0 Å². The number of nitrogens with zero attached hydrogens (tertiary/aromatic N) is 4. The van der Waals surface area contributed by atoms with E-state index < -0.39 is 71.6 Å². The maximum Gasteiger partial charge on any atom is 0.338 e. The Morgan fingerprint density at radius 2 is 0.989 bits per heavy atom. The molecule has 5 rings (SSSR count). The first-order chi connectivity index (χ1) is 44.6. The van der Waals surface area contributed by atoms with Crippen LogP contribution in [0.2, 0.25) is 0 Å². The smallest absolute Gasteiger partial charge is 0.338 e. The van der Waals surface area contributed by atoms with Crippen molar-refractivity contribution in [1.82, 2.24) is 0 Å². The Morgan fingerprint density at radius 3 is 1.42 bits per heavy atom. The number of cyclic esters (lactones) is 1. The van der Waals surface area contributed by atoms with Gasteiger partial charge in [0.1, 0.15) is 38.6 Å². The third kappa shape index (κ3) is 26.2. The van der Waals surface area contributed by atoms with Gasteiger partial charge in [-0.3, -0.25) is 9.59 Å². The van der Waals surface area contributed by atoms with Crippen molar-refractivity contribution in [3.05, 3.63) is 119 Å². The zero-order valence-corrected chi connectivity index (χ0v) is 57.4. The van der Waals surface area contributed by atoms with Crippen LogP contribution in [0, 0.1) is 23.2 Å². The second-order valence-corrected chi connectivity index (χ2v) is 25.0. The molecule has 0 N–H and O–H groups in total. The number of unbranched alkanes of at least 4 members (excludes halogenated alkanes) is 2. The average molecular weight is 1300 g/mol. The molecule has 1 aliphatic heterocycles. The van der Waals surface area contributed by atoms with E-state index in [9.17, 15) is 28.8 Å². The predicted octanol–water partition coefficient (Wildman–Crippen LogP) is 10.8. The van der Waals surface area contributed by atoms with Crippen LogP contribution in [0.4, 0.5) is 22.7 Å². The van der Waals surface area contributed by atoms with Crippen LogP contribution in [-0.4, -0.2) is 196 Å². The summed E-state index contributed by atoms with van der Waals surface area (Å²) in [7, 11) is 15.2. The Balaban J connectivity index is 1.50. The molecule has 1 aliphatic rings. The highest BCUT2D eigenvalue weighted by Crippen LogP contribution is 2.28. The molecule has 514 valence electrons. The van der Waals surface area contributed by atoms with Crippen molar-refractivity contribution < 1.29 is 80.9 Å². The topological polar surface area (TPSA) is 217 Å². The van der Waals surface area contributed by atoms with Gasteiger partial charge in [0.25, 0.3) is 0 Å². The summed E-state index contributed by atoms with van der Waals surface area (Å²) in [6, 6.07) is 27.9. The number of carbonyl (C=O) groups is 6. The number of esters is 6. The van der Waals surface area contributed by atoms with Crippen molar-refractivity contribution in [1.29, 1.82) is 0 Å². The summed E-state index contributed by atoms with van der Waals surface area (Å²) in [6.45, 7) is 8.31. The molecule has 0 saturated carbocycles. The minimum atomic E-state index is -1.12. The summed E-state index contributed by atoms with van der Waals surface area (Å²) in [4.78, 5) is 90.5. The third-order valence-corrected chi connectivity index (χ3v) is 16.3. The molecular weight excluding hydrogens is 1190 g/mol. The summed E-state index contributed by atoms with van der Waals surface area (Å²) in [5, 5.41) is 0. The first-order valence-corrected chi connectivity index (χ1v) is 32.7. The van der Waals surface area contributed by atoms with Gasteiger partial charge in [-0.15, -0.1) is 0 Å². The van der Waals surface area contributed by atoms with Crippen molar-refractivity contribution >= 4 is 58.6 Å². The summed E-state index contributed by atoms with van der Waals surface area (Å²) in [5.41, 5.74) is 3.87. The number of ether oxygens (including phenoxy) is 11. The number of anilines is 4. The lowest BCUT2D eigenvalue weighted by Gasteiger charge is -2.34. The number of hydrogen-bond acceptors (Lipinski definition) is 21. The highest BCUT2D eigenvalue weighted by Gasteiger charge is 2.34. The first-order valence-electron chi connectivity index (χ1n) is 32.7. The van der Waals surface area contributed by atoms with Crippen LogP contribution in [-0.2, 0) is 61.7 Å². The molecule has 1 fully saturated rings. The van der Waals surface area contributed by atoms with Crippen molar-refractivity contribution in [2.45, 2.75) is 117 Å². The number of carbonyl (C=O) groups excluding carboxylic acids is 6. The number of rotatable bonds is 29. The van der Waals surface area contributed by atoms with E-state index >= 15 is 0 Å². The Morgan fingerprint density at radius 1 is 0.548 bits per heavy atom. The molecule has 1 saturated heterocycles. The molecule has 0 amide bonds. The lowest BCUT2D eigenvalue weighted by atomic mass is 9.88. The van der Waals surface area contributed by atoms with E-state index in [0.717, 1.165) is 48.4 Å². The molecule has 0 aliphatic carbocycles. The molecule has 93 heavy (non-hydrogen) atoms. The minimum Gasteiger partial charge on any atom is -0.461 e. The molecule has 8 unspecified atom stereocenters. The van der Waals surface area contributed by atoms with Crippen LogP contribution in [0.5, 0.6) is 0 Å². The van der Waals surface area contributed by atoms with Crippen LogP contribution in [0.3, 0.4) is 0 Å². The van der Waals surface area contributed by atoms with Crippen molar-refractivity contribution in [2.75, 3.05) is 155 Å². The zero-order valence-electron chi connectivity index (χ0n) is 57.4. The van der Waals surface area contributed by atoms with E-state index in [4.69, 9.17) is 52.1 Å². The largest absolute Gasteiger partial charge is 0.461 e. The molecule has 21 nitrogen and oxygen atoms in total. The van der Waals surface area contributed by atoms with Gasteiger partial charge in [0.15, 0.2) is 12.2 Å². The van der Waals surface area contributed by atoms with Gasteiger partial charge < -0.3 is 71.7 Å². The van der Waals surface area contributed by atoms with Gasteiger partial charge in [-0.2, -0.15) is 0 Å². The van der Waals surface area contributed by atoms with Gasteiger partial charge in [-0.1, -0.05) is 60.3 Å². The Kier molecular flexibility index (Phi) is 32.9. The molecule has 8 atom stereocenters. The second kappa shape index (κ2) is 40.1. The Labute approximate surface area is 551 Å². The highest BCUT2D eigenvalue weighted by molar-refractivity contribution is 5.91. The van der Waals surface area contributed by atoms with Gasteiger partial charge >= 0.3 is 35.8 Å². The molecule has 0 radical (unpaired) electrons. The van der Waals surface area contributed by atoms with Gasteiger partial charge in [-0.25, -0.2) is 19.2 Å². The molecule has 1 heterocycles.